The van der Waals surface area contributed by atoms with E-state index in [1.165, 1.54) is 44.2 Å². The Hall–Kier alpha value is -2.83. The highest BCUT2D eigenvalue weighted by molar-refractivity contribution is 5.73. The topological polar surface area (TPSA) is 82.1 Å². The summed E-state index contributed by atoms with van der Waals surface area (Å²) in [6.45, 7) is 7.47. The summed E-state index contributed by atoms with van der Waals surface area (Å²) in [7, 11) is 0. The number of carbonyl (C=O) groups excluding carboxylic acids is 3. The van der Waals surface area contributed by atoms with Gasteiger partial charge in [0.15, 0.2) is 11.5 Å². The molecule has 118 valence electrons. The van der Waals surface area contributed by atoms with Gasteiger partial charge < -0.3 is 14.3 Å². The summed E-state index contributed by atoms with van der Waals surface area (Å²) in [5.41, 5.74) is 0.660. The van der Waals surface area contributed by atoms with E-state index in [9.17, 15) is 14.4 Å². The number of hydroxylamine groups is 2. The maximum absolute atomic E-state index is 11.1. The summed E-state index contributed by atoms with van der Waals surface area (Å²) in [6, 6.07) is 4.65. The molecule has 0 aliphatic carbocycles. The first-order valence-electron chi connectivity index (χ1n) is 6.39. The quantitative estimate of drug-likeness (QED) is 0.451. The van der Waals surface area contributed by atoms with Crippen molar-refractivity contribution < 1.29 is 28.7 Å². The minimum atomic E-state index is -0.550. The summed E-state index contributed by atoms with van der Waals surface area (Å²) in [5.74, 6) is -1.34. The van der Waals surface area contributed by atoms with Gasteiger partial charge in [0.1, 0.15) is 0 Å². The van der Waals surface area contributed by atoms with Crippen LogP contribution in [0.5, 0.6) is 11.5 Å². The molecule has 0 fully saturated rings. The predicted molar refractivity (Wildman–Crippen MR) is 76.6 cm³/mol. The molecule has 0 N–H and O–H groups in total. The van der Waals surface area contributed by atoms with Gasteiger partial charge in [-0.3, -0.25) is 14.4 Å². The first-order chi connectivity index (χ1) is 10.3. The van der Waals surface area contributed by atoms with E-state index in [1.807, 2.05) is 0 Å². The van der Waals surface area contributed by atoms with Crippen molar-refractivity contribution in [1.29, 1.82) is 0 Å². The number of benzene rings is 1. The van der Waals surface area contributed by atoms with Gasteiger partial charge in [-0.2, -0.15) is 0 Å². The predicted octanol–water partition coefficient (Wildman–Crippen LogP) is 1.96. The van der Waals surface area contributed by atoms with Crippen LogP contribution < -0.4 is 9.47 Å². The molecule has 0 atom stereocenters. The SMILES string of the molecule is C=CN(Cc1ccc(OC(C)=O)c(OC(C)=O)c1)OC(C)=O. The third-order valence-corrected chi connectivity index (χ3v) is 2.30. The maximum atomic E-state index is 11.1. The van der Waals surface area contributed by atoms with Gasteiger partial charge >= 0.3 is 17.9 Å². The average molecular weight is 307 g/mol. The Kier molecular flexibility index (Phi) is 6.12. The van der Waals surface area contributed by atoms with Gasteiger partial charge in [-0.05, 0) is 17.7 Å². The van der Waals surface area contributed by atoms with Gasteiger partial charge in [0.05, 0.1) is 6.54 Å². The molecule has 0 radical (unpaired) electrons. The van der Waals surface area contributed by atoms with Crippen molar-refractivity contribution in [2.24, 2.45) is 0 Å². The third-order valence-electron chi connectivity index (χ3n) is 2.30. The zero-order valence-electron chi connectivity index (χ0n) is 12.6. The fraction of sp³-hybridized carbons (Fsp3) is 0.267. The first-order valence-corrected chi connectivity index (χ1v) is 6.39. The molecule has 1 aromatic rings. The second-order valence-electron chi connectivity index (χ2n) is 4.31. The Morgan fingerprint density at radius 2 is 1.64 bits per heavy atom. The molecule has 0 heterocycles. The lowest BCUT2D eigenvalue weighted by Gasteiger charge is -2.18. The Bertz CT molecular complexity index is 596. The van der Waals surface area contributed by atoms with Crippen LogP contribution in [-0.4, -0.2) is 23.0 Å². The van der Waals surface area contributed by atoms with E-state index in [-0.39, 0.29) is 18.0 Å². The molecule has 1 aromatic carbocycles. The van der Waals surface area contributed by atoms with Crippen LogP contribution in [0.2, 0.25) is 0 Å². The van der Waals surface area contributed by atoms with E-state index in [4.69, 9.17) is 14.3 Å². The molecule has 0 bridgehead atoms. The molecule has 0 amide bonds. The van der Waals surface area contributed by atoms with Crippen molar-refractivity contribution in [3.8, 4) is 11.5 Å². The first kappa shape index (κ1) is 17.2. The van der Waals surface area contributed by atoms with Crippen molar-refractivity contribution in [3.05, 3.63) is 36.5 Å². The number of nitrogens with zero attached hydrogens (tertiary/aromatic N) is 1. The second-order valence-corrected chi connectivity index (χ2v) is 4.31. The van der Waals surface area contributed by atoms with Crippen LogP contribution in [0.4, 0.5) is 0 Å². The van der Waals surface area contributed by atoms with E-state index < -0.39 is 17.9 Å². The highest BCUT2D eigenvalue weighted by Crippen LogP contribution is 2.29. The largest absolute Gasteiger partial charge is 0.423 e. The normalized spacial score (nSPS) is 9.59. The molecule has 7 heteroatoms. The minimum absolute atomic E-state index is 0.104. The second kappa shape index (κ2) is 7.82. The molecule has 0 aliphatic heterocycles. The average Bonchev–Trinajstić information content (AvgIpc) is 2.39. The van der Waals surface area contributed by atoms with Crippen LogP contribution in [0.15, 0.2) is 31.0 Å². The van der Waals surface area contributed by atoms with E-state index in [0.29, 0.717) is 5.56 Å². The zero-order valence-corrected chi connectivity index (χ0v) is 12.6. The molecule has 0 aliphatic rings. The number of hydrogen-bond donors (Lipinski definition) is 0. The smallest absolute Gasteiger partial charge is 0.329 e. The lowest BCUT2D eigenvalue weighted by Crippen LogP contribution is -2.20. The summed E-state index contributed by atoms with van der Waals surface area (Å²) in [5, 5.41) is 1.22. The van der Waals surface area contributed by atoms with Crippen LogP contribution in [0.3, 0.4) is 0 Å². The van der Waals surface area contributed by atoms with Gasteiger partial charge in [0.2, 0.25) is 0 Å². The van der Waals surface area contributed by atoms with Gasteiger partial charge in [-0.15, -0.1) is 0 Å². The van der Waals surface area contributed by atoms with E-state index >= 15 is 0 Å². The molecule has 7 nitrogen and oxygen atoms in total. The number of esters is 2. The molecule has 0 unspecified atom stereocenters. The van der Waals surface area contributed by atoms with Gasteiger partial charge in [0, 0.05) is 27.0 Å². The highest BCUT2D eigenvalue weighted by atomic mass is 16.7. The zero-order chi connectivity index (χ0) is 16.7. The molecular formula is C15H17NO6. The summed E-state index contributed by atoms with van der Waals surface area (Å²) in [6.07, 6.45) is 1.34. The van der Waals surface area contributed by atoms with E-state index in [1.54, 1.807) is 6.07 Å². The van der Waals surface area contributed by atoms with Crippen molar-refractivity contribution in [2.75, 3.05) is 0 Å². The fourth-order valence-electron chi connectivity index (χ4n) is 1.60. The Morgan fingerprint density at radius 3 is 2.14 bits per heavy atom. The number of ether oxygens (including phenoxy) is 2. The van der Waals surface area contributed by atoms with Crippen LogP contribution in [-0.2, 0) is 25.8 Å². The van der Waals surface area contributed by atoms with Crippen molar-refractivity contribution >= 4 is 17.9 Å². The number of rotatable bonds is 6. The van der Waals surface area contributed by atoms with Crippen molar-refractivity contribution in [3.63, 3.8) is 0 Å². The van der Waals surface area contributed by atoms with Crippen molar-refractivity contribution in [1.82, 2.24) is 5.06 Å². The standard InChI is InChI=1S/C15H17NO6/c1-5-16(22-12(4)19)9-13-6-7-14(20-10(2)17)15(8-13)21-11(3)18/h5-8H,1,9H2,2-4H3. The minimum Gasteiger partial charge on any atom is -0.423 e. The fourth-order valence-corrected chi connectivity index (χ4v) is 1.60. The molecule has 0 saturated carbocycles. The summed E-state index contributed by atoms with van der Waals surface area (Å²) < 4.78 is 9.98. The molecule has 0 saturated heterocycles. The molecular weight excluding hydrogens is 290 g/mol. The van der Waals surface area contributed by atoms with Gasteiger partial charge in [-0.1, -0.05) is 12.6 Å². The Balaban J connectivity index is 3.01. The monoisotopic (exact) mass is 307 g/mol. The van der Waals surface area contributed by atoms with E-state index in [2.05, 4.69) is 6.58 Å². The number of hydrogen-bond acceptors (Lipinski definition) is 7. The van der Waals surface area contributed by atoms with Crippen molar-refractivity contribution in [2.45, 2.75) is 27.3 Å². The van der Waals surface area contributed by atoms with Crippen LogP contribution in [0, 0.1) is 0 Å². The highest BCUT2D eigenvalue weighted by Gasteiger charge is 2.13. The van der Waals surface area contributed by atoms with Crippen LogP contribution >= 0.6 is 0 Å². The summed E-state index contributed by atoms with van der Waals surface area (Å²) in [4.78, 5) is 38.0. The van der Waals surface area contributed by atoms with Crippen LogP contribution in [0.25, 0.3) is 0 Å². The Labute approximate surface area is 128 Å². The lowest BCUT2D eigenvalue weighted by atomic mass is 10.2. The molecule has 0 aromatic heterocycles. The van der Waals surface area contributed by atoms with Gasteiger partial charge in [-0.25, -0.2) is 5.06 Å². The van der Waals surface area contributed by atoms with Gasteiger partial charge in [0.25, 0.3) is 0 Å². The number of carbonyl (C=O) groups is 3. The van der Waals surface area contributed by atoms with E-state index in [0.717, 1.165) is 0 Å². The maximum Gasteiger partial charge on any atom is 0.329 e. The summed E-state index contributed by atoms with van der Waals surface area (Å²) >= 11 is 0. The third kappa shape index (κ3) is 5.66. The van der Waals surface area contributed by atoms with Crippen LogP contribution in [0.1, 0.15) is 26.3 Å². The molecule has 22 heavy (non-hydrogen) atoms. The molecule has 1 rings (SSSR count). The Morgan fingerprint density at radius 1 is 1.05 bits per heavy atom. The molecule has 0 spiro atoms. The lowest BCUT2D eigenvalue weighted by molar-refractivity contribution is -0.177.